The van der Waals surface area contributed by atoms with E-state index < -0.39 is 0 Å². The molecule has 0 aromatic carbocycles. The zero-order valence-electron chi connectivity index (χ0n) is 7.49. The third-order valence-corrected chi connectivity index (χ3v) is 3.86. The molecule has 0 bridgehead atoms. The molecule has 0 aliphatic rings. The van der Waals surface area contributed by atoms with Crippen LogP contribution in [0.15, 0.2) is 22.1 Å². The van der Waals surface area contributed by atoms with Crippen molar-refractivity contribution < 1.29 is 0 Å². The molecule has 2 N–H and O–H groups in total. The summed E-state index contributed by atoms with van der Waals surface area (Å²) in [5.74, 6) is 0. The summed E-state index contributed by atoms with van der Waals surface area (Å²) in [6.07, 6.45) is 1.73. The first-order valence-corrected chi connectivity index (χ1v) is 5.76. The summed E-state index contributed by atoms with van der Waals surface area (Å²) in [4.78, 5) is 1.21. The van der Waals surface area contributed by atoms with Gasteiger partial charge in [0.2, 0.25) is 0 Å². The van der Waals surface area contributed by atoms with Crippen LogP contribution in [-0.4, -0.2) is 22.5 Å². The number of thiophene rings is 1. The van der Waals surface area contributed by atoms with Gasteiger partial charge in [0.05, 0.1) is 12.2 Å². The highest BCUT2D eigenvalue weighted by Crippen LogP contribution is 2.31. The molecule has 2 aromatic rings. The average molecular weight is 273 g/mol. The molecule has 4 nitrogen and oxygen atoms in total. The minimum atomic E-state index is 0.100. The van der Waals surface area contributed by atoms with Crippen LogP contribution >= 0.6 is 27.3 Å². The normalized spacial score (nSPS) is 13.0. The molecule has 14 heavy (non-hydrogen) atoms. The van der Waals surface area contributed by atoms with Crippen LogP contribution in [0.1, 0.15) is 16.6 Å². The Morgan fingerprint density at radius 1 is 1.64 bits per heavy atom. The molecular weight excluding hydrogens is 264 g/mol. The van der Waals surface area contributed by atoms with Crippen molar-refractivity contribution >= 4 is 27.3 Å². The van der Waals surface area contributed by atoms with Gasteiger partial charge in [0.25, 0.3) is 0 Å². The highest BCUT2D eigenvalue weighted by atomic mass is 79.9. The highest BCUT2D eigenvalue weighted by Gasteiger charge is 2.18. The van der Waals surface area contributed by atoms with Crippen molar-refractivity contribution in [3.63, 3.8) is 0 Å². The van der Waals surface area contributed by atoms with Gasteiger partial charge < -0.3 is 5.32 Å². The van der Waals surface area contributed by atoms with Gasteiger partial charge in [0, 0.05) is 9.35 Å². The number of nitrogens with zero attached hydrogens (tertiary/aromatic N) is 2. The second-order valence-corrected chi connectivity index (χ2v) is 4.55. The van der Waals surface area contributed by atoms with Gasteiger partial charge in [0.15, 0.2) is 0 Å². The van der Waals surface area contributed by atoms with E-state index in [4.69, 9.17) is 0 Å². The lowest BCUT2D eigenvalue weighted by molar-refractivity contribution is 0.676. The Morgan fingerprint density at radius 2 is 2.50 bits per heavy atom. The lowest BCUT2D eigenvalue weighted by Crippen LogP contribution is -2.17. The van der Waals surface area contributed by atoms with Gasteiger partial charge in [0.1, 0.15) is 5.69 Å². The summed E-state index contributed by atoms with van der Waals surface area (Å²) in [6, 6.07) is 2.13. The van der Waals surface area contributed by atoms with Gasteiger partial charge in [-0.15, -0.1) is 11.3 Å². The Bertz CT molecular complexity index is 397. The predicted molar refractivity (Wildman–Crippen MR) is 59.3 cm³/mol. The summed E-state index contributed by atoms with van der Waals surface area (Å²) < 4.78 is 1.10. The van der Waals surface area contributed by atoms with Gasteiger partial charge in [-0.2, -0.15) is 15.4 Å². The number of aromatic nitrogens is 3. The number of halogens is 1. The standard InChI is InChI=1S/C8H9BrN4S/c1-10-7(6-4-11-13-12-6)8-5(9)2-3-14-8/h2-4,7,10H,1H3,(H,11,12,13). The molecule has 2 aromatic heterocycles. The van der Waals surface area contributed by atoms with Gasteiger partial charge >= 0.3 is 0 Å². The van der Waals surface area contributed by atoms with Gasteiger partial charge in [-0.1, -0.05) is 0 Å². The first kappa shape index (κ1) is 9.82. The van der Waals surface area contributed by atoms with Crippen molar-refractivity contribution in [1.82, 2.24) is 20.7 Å². The van der Waals surface area contributed by atoms with Crippen LogP contribution < -0.4 is 5.32 Å². The Hall–Kier alpha value is -0.720. The Kier molecular flexibility index (Phi) is 2.95. The summed E-state index contributed by atoms with van der Waals surface area (Å²) in [6.45, 7) is 0. The molecule has 0 aliphatic heterocycles. The van der Waals surface area contributed by atoms with Crippen LogP contribution in [0, 0.1) is 0 Å². The fourth-order valence-corrected chi connectivity index (χ4v) is 3.00. The molecule has 0 aliphatic carbocycles. The summed E-state index contributed by atoms with van der Waals surface area (Å²) in [5, 5.41) is 15.7. The second-order valence-electron chi connectivity index (χ2n) is 2.75. The molecular formula is C8H9BrN4S. The van der Waals surface area contributed by atoms with Crippen molar-refractivity contribution in [3.8, 4) is 0 Å². The second kappa shape index (κ2) is 4.20. The first-order chi connectivity index (χ1) is 6.83. The van der Waals surface area contributed by atoms with Crippen molar-refractivity contribution in [2.24, 2.45) is 0 Å². The maximum atomic E-state index is 4.07. The van der Waals surface area contributed by atoms with E-state index in [1.54, 1.807) is 17.5 Å². The Labute approximate surface area is 93.9 Å². The van der Waals surface area contributed by atoms with Gasteiger partial charge in [-0.25, -0.2) is 0 Å². The molecule has 2 rings (SSSR count). The van der Waals surface area contributed by atoms with Crippen molar-refractivity contribution in [2.75, 3.05) is 7.05 Å². The van der Waals surface area contributed by atoms with Crippen molar-refractivity contribution in [2.45, 2.75) is 6.04 Å². The molecule has 0 radical (unpaired) electrons. The maximum Gasteiger partial charge on any atom is 0.105 e. The SMILES string of the molecule is CNC(c1cn[nH]n1)c1sccc1Br. The van der Waals surface area contributed by atoms with Crippen LogP contribution in [0.4, 0.5) is 0 Å². The molecule has 1 atom stereocenters. The molecule has 0 spiro atoms. The van der Waals surface area contributed by atoms with E-state index in [-0.39, 0.29) is 6.04 Å². The summed E-state index contributed by atoms with van der Waals surface area (Å²) in [7, 11) is 1.91. The minimum absolute atomic E-state index is 0.100. The smallest absolute Gasteiger partial charge is 0.105 e. The van der Waals surface area contributed by atoms with E-state index >= 15 is 0 Å². The van der Waals surface area contributed by atoms with Gasteiger partial charge in [-0.05, 0) is 34.4 Å². The molecule has 2 heterocycles. The number of H-pyrrole nitrogens is 1. The third kappa shape index (κ3) is 1.73. The van der Waals surface area contributed by atoms with E-state index in [1.807, 2.05) is 18.5 Å². The van der Waals surface area contributed by atoms with E-state index in [0.717, 1.165) is 10.2 Å². The molecule has 1 unspecified atom stereocenters. The third-order valence-electron chi connectivity index (χ3n) is 1.93. The van der Waals surface area contributed by atoms with Gasteiger partial charge in [-0.3, -0.25) is 0 Å². The molecule has 0 amide bonds. The van der Waals surface area contributed by atoms with E-state index in [1.165, 1.54) is 4.88 Å². The van der Waals surface area contributed by atoms with E-state index in [9.17, 15) is 0 Å². The fourth-order valence-electron chi connectivity index (χ4n) is 1.27. The van der Waals surface area contributed by atoms with Crippen LogP contribution in [0.25, 0.3) is 0 Å². The van der Waals surface area contributed by atoms with Crippen LogP contribution in [0.3, 0.4) is 0 Å². The molecule has 0 saturated carbocycles. The van der Waals surface area contributed by atoms with Crippen LogP contribution in [-0.2, 0) is 0 Å². The maximum absolute atomic E-state index is 4.07. The predicted octanol–water partition coefficient (Wildman–Crippen LogP) is 1.94. The number of rotatable bonds is 3. The average Bonchev–Trinajstić information content (AvgIpc) is 2.80. The largest absolute Gasteiger partial charge is 0.307 e. The van der Waals surface area contributed by atoms with E-state index in [2.05, 4.69) is 36.7 Å². The minimum Gasteiger partial charge on any atom is -0.307 e. The van der Waals surface area contributed by atoms with Crippen molar-refractivity contribution in [1.29, 1.82) is 0 Å². The summed E-state index contributed by atoms with van der Waals surface area (Å²) >= 11 is 5.19. The number of nitrogens with one attached hydrogen (secondary N) is 2. The lowest BCUT2D eigenvalue weighted by atomic mass is 10.2. The molecule has 0 saturated heterocycles. The zero-order valence-corrected chi connectivity index (χ0v) is 9.89. The number of aromatic amines is 1. The Morgan fingerprint density at radius 3 is 3.00 bits per heavy atom. The fraction of sp³-hybridized carbons (Fsp3) is 0.250. The quantitative estimate of drug-likeness (QED) is 0.898. The molecule has 74 valence electrons. The zero-order chi connectivity index (χ0) is 9.97. The van der Waals surface area contributed by atoms with Crippen LogP contribution in [0.5, 0.6) is 0 Å². The number of hydrogen-bond donors (Lipinski definition) is 2. The summed E-state index contributed by atoms with van der Waals surface area (Å²) in [5.41, 5.74) is 0.899. The first-order valence-electron chi connectivity index (χ1n) is 4.08. The lowest BCUT2D eigenvalue weighted by Gasteiger charge is -2.11. The molecule has 0 fully saturated rings. The van der Waals surface area contributed by atoms with Crippen molar-refractivity contribution in [3.05, 3.63) is 32.7 Å². The van der Waals surface area contributed by atoms with Crippen LogP contribution in [0.2, 0.25) is 0 Å². The highest BCUT2D eigenvalue weighted by molar-refractivity contribution is 9.10. The monoisotopic (exact) mass is 272 g/mol. The molecule has 6 heteroatoms. The van der Waals surface area contributed by atoms with E-state index in [0.29, 0.717) is 0 Å². The topological polar surface area (TPSA) is 53.6 Å². The Balaban J connectivity index is 2.36. The number of hydrogen-bond acceptors (Lipinski definition) is 4.